The van der Waals surface area contributed by atoms with Crippen LogP contribution in [0.4, 0.5) is 5.69 Å². The van der Waals surface area contributed by atoms with Crippen LogP contribution < -0.4 is 14.8 Å². The minimum atomic E-state index is -0.0127. The maximum atomic E-state index is 9.21. The Kier molecular flexibility index (Phi) is 5.52. The minimum absolute atomic E-state index is 0.0127. The Balaban J connectivity index is 2.21. The summed E-state index contributed by atoms with van der Waals surface area (Å²) in [7, 11) is 3.24. The molecule has 0 aliphatic carbocycles. The number of methoxy groups -OCH3 is 2. The second-order valence-electron chi connectivity index (χ2n) is 4.96. The molecule has 0 aliphatic heterocycles. The van der Waals surface area contributed by atoms with Gasteiger partial charge in [0.25, 0.3) is 0 Å². The van der Waals surface area contributed by atoms with Crippen LogP contribution in [0.5, 0.6) is 11.5 Å². The van der Waals surface area contributed by atoms with E-state index in [1.54, 1.807) is 26.4 Å². The number of nitrogens with one attached hydrogen (secondary N) is 1. The monoisotopic (exact) mass is 321 g/mol. The number of ether oxygens (including phenoxy) is 2. The third-order valence-electron chi connectivity index (χ3n) is 3.52. The van der Waals surface area contributed by atoms with E-state index in [1.807, 2.05) is 25.1 Å². The fourth-order valence-corrected chi connectivity index (χ4v) is 2.39. The van der Waals surface area contributed by atoms with Crippen molar-refractivity contribution in [3.63, 3.8) is 0 Å². The van der Waals surface area contributed by atoms with Gasteiger partial charge in [-0.3, -0.25) is 0 Å². The Morgan fingerprint density at radius 2 is 1.77 bits per heavy atom. The number of aryl methyl sites for hydroxylation is 1. The molecule has 5 heteroatoms. The number of hydrogen-bond donors (Lipinski definition) is 2. The molecule has 0 heterocycles. The van der Waals surface area contributed by atoms with Gasteiger partial charge in [-0.15, -0.1) is 0 Å². The van der Waals surface area contributed by atoms with Crippen molar-refractivity contribution in [3.8, 4) is 11.5 Å². The summed E-state index contributed by atoms with van der Waals surface area (Å²) >= 11 is 6.18. The van der Waals surface area contributed by atoms with Crippen LogP contribution in [-0.4, -0.2) is 19.3 Å². The molecule has 0 atom stereocenters. The van der Waals surface area contributed by atoms with Crippen molar-refractivity contribution >= 4 is 17.3 Å². The molecule has 0 unspecified atom stereocenters. The number of aliphatic hydroxyl groups excluding tert-OH is 1. The lowest BCUT2D eigenvalue weighted by Gasteiger charge is -2.15. The molecular weight excluding hydrogens is 302 g/mol. The van der Waals surface area contributed by atoms with E-state index < -0.39 is 0 Å². The van der Waals surface area contributed by atoms with Gasteiger partial charge >= 0.3 is 0 Å². The van der Waals surface area contributed by atoms with Crippen molar-refractivity contribution in [1.29, 1.82) is 0 Å². The quantitative estimate of drug-likeness (QED) is 0.850. The highest BCUT2D eigenvalue weighted by molar-refractivity contribution is 6.33. The first-order valence-corrected chi connectivity index (χ1v) is 7.31. The predicted octanol–water partition coefficient (Wildman–Crippen LogP) is 3.77. The average Bonchev–Trinajstić information content (AvgIpc) is 2.54. The maximum absolute atomic E-state index is 9.21. The Morgan fingerprint density at radius 1 is 1.09 bits per heavy atom. The molecule has 0 spiro atoms. The summed E-state index contributed by atoms with van der Waals surface area (Å²) in [5.74, 6) is 1.41. The molecule has 0 aromatic heterocycles. The highest BCUT2D eigenvalue weighted by Gasteiger charge is 2.09. The Labute approximate surface area is 135 Å². The van der Waals surface area contributed by atoms with Gasteiger partial charge in [-0.1, -0.05) is 17.7 Å². The Hall–Kier alpha value is -1.91. The number of halogens is 1. The molecule has 118 valence electrons. The summed E-state index contributed by atoms with van der Waals surface area (Å²) in [4.78, 5) is 0. The van der Waals surface area contributed by atoms with E-state index in [0.29, 0.717) is 23.1 Å². The fourth-order valence-electron chi connectivity index (χ4n) is 2.21. The number of hydrogen-bond acceptors (Lipinski definition) is 4. The second kappa shape index (κ2) is 7.38. The van der Waals surface area contributed by atoms with E-state index >= 15 is 0 Å². The molecule has 0 saturated heterocycles. The third-order valence-corrected chi connectivity index (χ3v) is 3.85. The second-order valence-corrected chi connectivity index (χ2v) is 5.37. The molecular formula is C17H20ClNO3. The van der Waals surface area contributed by atoms with Crippen LogP contribution in [-0.2, 0) is 13.2 Å². The van der Waals surface area contributed by atoms with E-state index in [9.17, 15) is 5.11 Å². The zero-order valence-electron chi connectivity index (χ0n) is 12.9. The molecule has 0 amide bonds. The molecule has 0 fully saturated rings. The first-order chi connectivity index (χ1) is 10.6. The number of rotatable bonds is 6. The molecule has 2 aromatic carbocycles. The van der Waals surface area contributed by atoms with Crippen molar-refractivity contribution in [3.05, 3.63) is 52.0 Å². The Bertz CT molecular complexity index is 659. The lowest BCUT2D eigenvalue weighted by molar-refractivity contribution is 0.282. The van der Waals surface area contributed by atoms with Gasteiger partial charge in [-0.2, -0.15) is 0 Å². The SMILES string of the molecule is COc1cc(C)c(CNc2cc(CO)ccc2Cl)cc1OC. The largest absolute Gasteiger partial charge is 0.493 e. The lowest BCUT2D eigenvalue weighted by Crippen LogP contribution is -2.04. The standard InChI is InChI=1S/C17H20ClNO3/c1-11-6-16(21-2)17(22-3)8-13(11)9-19-15-7-12(10-20)4-5-14(15)18/h4-8,19-20H,9-10H2,1-3H3. The van der Waals surface area contributed by atoms with Gasteiger partial charge in [-0.05, 0) is 47.9 Å². The van der Waals surface area contributed by atoms with Gasteiger partial charge < -0.3 is 19.9 Å². The molecule has 4 nitrogen and oxygen atoms in total. The number of anilines is 1. The van der Waals surface area contributed by atoms with Gasteiger partial charge in [0, 0.05) is 6.54 Å². The van der Waals surface area contributed by atoms with Gasteiger partial charge in [-0.25, -0.2) is 0 Å². The van der Waals surface area contributed by atoms with Gasteiger partial charge in [0.2, 0.25) is 0 Å². The zero-order chi connectivity index (χ0) is 16.1. The smallest absolute Gasteiger partial charge is 0.161 e. The summed E-state index contributed by atoms with van der Waals surface area (Å²) < 4.78 is 10.6. The highest BCUT2D eigenvalue weighted by atomic mass is 35.5. The van der Waals surface area contributed by atoms with Crippen LogP contribution in [0.3, 0.4) is 0 Å². The van der Waals surface area contributed by atoms with Crippen molar-refractivity contribution in [2.45, 2.75) is 20.1 Å². The van der Waals surface area contributed by atoms with Crippen LogP contribution in [0, 0.1) is 6.92 Å². The van der Waals surface area contributed by atoms with Crippen LogP contribution in [0.1, 0.15) is 16.7 Å². The highest BCUT2D eigenvalue weighted by Crippen LogP contribution is 2.31. The van der Waals surface area contributed by atoms with E-state index in [4.69, 9.17) is 21.1 Å². The molecule has 0 saturated carbocycles. The molecule has 0 radical (unpaired) electrons. The molecule has 0 bridgehead atoms. The van der Waals surface area contributed by atoms with E-state index in [1.165, 1.54) is 0 Å². The summed E-state index contributed by atoms with van der Waals surface area (Å²) in [6.07, 6.45) is 0. The van der Waals surface area contributed by atoms with Gasteiger partial charge in [0.15, 0.2) is 11.5 Å². The molecule has 2 aromatic rings. The van der Waals surface area contributed by atoms with Crippen LogP contribution in [0.25, 0.3) is 0 Å². The predicted molar refractivity (Wildman–Crippen MR) is 89.0 cm³/mol. The fraction of sp³-hybridized carbons (Fsp3) is 0.294. The van der Waals surface area contributed by atoms with Crippen LogP contribution in [0.15, 0.2) is 30.3 Å². The summed E-state index contributed by atoms with van der Waals surface area (Å²) in [6, 6.07) is 9.32. The van der Waals surface area contributed by atoms with Crippen molar-refractivity contribution in [1.82, 2.24) is 0 Å². The molecule has 0 aliphatic rings. The Morgan fingerprint density at radius 3 is 2.41 bits per heavy atom. The van der Waals surface area contributed by atoms with Crippen LogP contribution in [0.2, 0.25) is 5.02 Å². The summed E-state index contributed by atoms with van der Waals surface area (Å²) in [6.45, 7) is 2.60. The summed E-state index contributed by atoms with van der Waals surface area (Å²) in [5.41, 5.74) is 3.79. The van der Waals surface area contributed by atoms with Crippen molar-refractivity contribution in [2.24, 2.45) is 0 Å². The number of benzene rings is 2. The number of aliphatic hydroxyl groups is 1. The summed E-state index contributed by atoms with van der Waals surface area (Å²) in [5, 5.41) is 13.1. The zero-order valence-corrected chi connectivity index (χ0v) is 13.7. The molecule has 2 rings (SSSR count). The first-order valence-electron chi connectivity index (χ1n) is 6.93. The van der Waals surface area contributed by atoms with Gasteiger partial charge in [0.1, 0.15) is 0 Å². The van der Waals surface area contributed by atoms with E-state index in [2.05, 4.69) is 5.32 Å². The van der Waals surface area contributed by atoms with Crippen LogP contribution >= 0.6 is 11.6 Å². The van der Waals surface area contributed by atoms with Crippen molar-refractivity contribution in [2.75, 3.05) is 19.5 Å². The van der Waals surface area contributed by atoms with Gasteiger partial charge in [0.05, 0.1) is 31.5 Å². The topological polar surface area (TPSA) is 50.7 Å². The normalized spacial score (nSPS) is 10.4. The molecule has 2 N–H and O–H groups in total. The minimum Gasteiger partial charge on any atom is -0.493 e. The van der Waals surface area contributed by atoms with E-state index in [0.717, 1.165) is 22.4 Å². The van der Waals surface area contributed by atoms with E-state index in [-0.39, 0.29) is 6.61 Å². The lowest BCUT2D eigenvalue weighted by atomic mass is 10.1. The maximum Gasteiger partial charge on any atom is 0.161 e. The van der Waals surface area contributed by atoms with Crippen molar-refractivity contribution < 1.29 is 14.6 Å². The molecule has 22 heavy (non-hydrogen) atoms. The average molecular weight is 322 g/mol. The first kappa shape index (κ1) is 16.5. The third kappa shape index (κ3) is 3.64.